The van der Waals surface area contributed by atoms with E-state index in [4.69, 9.17) is 9.47 Å². The smallest absolute Gasteiger partial charge is 0.281 e. The van der Waals surface area contributed by atoms with Crippen LogP contribution >= 0.6 is 0 Å². The van der Waals surface area contributed by atoms with Crippen LogP contribution in [0, 0.1) is 18.3 Å². The number of nitriles is 1. The number of para-hydroxylation sites is 1. The molecule has 4 aromatic rings. The van der Waals surface area contributed by atoms with Gasteiger partial charge in [0.2, 0.25) is 6.04 Å². The molecule has 1 amide bonds. The molecule has 0 saturated heterocycles. The third-order valence-electron chi connectivity index (χ3n) is 10.5. The third kappa shape index (κ3) is 13.7. The maximum absolute atomic E-state index is 13.6. The summed E-state index contributed by atoms with van der Waals surface area (Å²) in [7, 11) is -7.35. The van der Waals surface area contributed by atoms with Crippen LogP contribution in [0.4, 0.5) is 22.7 Å². The summed E-state index contributed by atoms with van der Waals surface area (Å²) in [6, 6.07) is 20.7. The molecule has 1 atom stereocenters. The number of ether oxygens (including phenoxy) is 2. The van der Waals surface area contributed by atoms with Gasteiger partial charge in [-0.3, -0.25) is 14.2 Å². The maximum Gasteiger partial charge on any atom is 0.281 e. The molecule has 336 valence electrons. The van der Waals surface area contributed by atoms with Gasteiger partial charge in [-0.05, 0) is 73.5 Å². The first-order valence-corrected chi connectivity index (χ1v) is 24.4. The molecule has 4 aromatic carbocycles. The topological polar surface area (TPSA) is 212 Å². The molecule has 0 aliphatic carbocycles. The Morgan fingerprint density at radius 3 is 2.02 bits per heavy atom. The average Bonchev–Trinajstić information content (AvgIpc) is 3.60. The molecule has 1 heterocycles. The molecule has 1 unspecified atom stereocenters. The number of hydrogen-bond acceptors (Lipinski definition) is 12. The predicted octanol–water partition coefficient (Wildman–Crippen LogP) is 10.5. The minimum Gasteiger partial charge on any atom is -0.506 e. The van der Waals surface area contributed by atoms with E-state index in [1.54, 1.807) is 37.3 Å². The monoisotopic (exact) mass is 899 g/mol. The third-order valence-corrected chi connectivity index (χ3v) is 13.2. The number of methoxy groups -OCH3 is 1. The molecule has 15 nitrogen and oxygen atoms in total. The first-order valence-electron chi connectivity index (χ1n) is 21.5. The van der Waals surface area contributed by atoms with Crippen molar-refractivity contribution < 1.29 is 36.2 Å². The highest BCUT2D eigenvalue weighted by Crippen LogP contribution is 2.35. The number of nitrogens with one attached hydrogen (secondary N) is 2. The lowest BCUT2D eigenvalue weighted by atomic mass is 10.0. The van der Waals surface area contributed by atoms with E-state index in [2.05, 4.69) is 31.7 Å². The largest absolute Gasteiger partial charge is 0.506 e. The van der Waals surface area contributed by atoms with Gasteiger partial charge in [-0.15, -0.1) is 0 Å². The molecule has 1 aliphatic rings. The zero-order valence-corrected chi connectivity index (χ0v) is 37.8. The molecule has 0 aromatic heterocycles. The highest BCUT2D eigenvalue weighted by Gasteiger charge is 2.37. The Morgan fingerprint density at radius 1 is 0.762 bits per heavy atom. The fourth-order valence-corrected chi connectivity index (χ4v) is 9.13. The number of aryl methyl sites for hydroxylation is 1. The maximum atomic E-state index is 13.6. The number of phenolic OH excluding ortho intramolecular Hbond substituents is 1. The van der Waals surface area contributed by atoms with Crippen molar-refractivity contribution in [3.8, 4) is 23.3 Å². The number of carbonyl (C=O) groups excluding carboxylic acids is 1. The number of unbranched alkanes of at least 4 members (excludes halogenated alkanes) is 13. The predicted molar refractivity (Wildman–Crippen MR) is 245 cm³/mol. The average molecular weight is 900 g/mol. The molecule has 0 fully saturated rings. The summed E-state index contributed by atoms with van der Waals surface area (Å²) >= 11 is 0. The van der Waals surface area contributed by atoms with E-state index in [9.17, 15) is 32.0 Å². The van der Waals surface area contributed by atoms with Crippen LogP contribution in [0.5, 0.6) is 17.2 Å². The van der Waals surface area contributed by atoms with Crippen LogP contribution in [0.25, 0.3) is 0 Å². The molecule has 1 aliphatic heterocycles. The number of carbonyl (C=O) groups is 1. The number of hydrogen-bond donors (Lipinski definition) is 3. The van der Waals surface area contributed by atoms with Crippen molar-refractivity contribution in [1.82, 2.24) is 0 Å². The van der Waals surface area contributed by atoms with E-state index in [0.717, 1.165) is 36.4 Å². The van der Waals surface area contributed by atoms with Crippen molar-refractivity contribution in [2.24, 2.45) is 15.3 Å². The number of azo groups is 1. The van der Waals surface area contributed by atoms with Gasteiger partial charge in [-0.2, -0.15) is 25.6 Å². The van der Waals surface area contributed by atoms with Crippen LogP contribution in [0.1, 0.15) is 102 Å². The molecule has 63 heavy (non-hydrogen) atoms. The summed E-state index contributed by atoms with van der Waals surface area (Å²) in [6.45, 7) is 4.45. The summed E-state index contributed by atoms with van der Waals surface area (Å²) in [5.41, 5.74) is 0.628. The van der Waals surface area contributed by atoms with E-state index in [1.807, 2.05) is 6.07 Å². The standard InChI is InChI=1S/C46H57N7O8S2/c1-4-5-6-7-8-9-10-11-12-13-14-15-16-20-28-61-44-32-39(42(54)29-34(44)2)52-63(58,59)37-25-21-22-35(30-37)51-62(56,57)38-26-27-43(60-3)40(31-38)48-49-45-41(33-47)50-53(46(45)55)36-23-18-17-19-24-36/h17-19,21-27,29-32,45,51-52,54H,4-16,20,28H2,1-3H3. The molecule has 0 saturated carbocycles. The summed E-state index contributed by atoms with van der Waals surface area (Å²) in [5, 5.41) is 33.6. The summed E-state index contributed by atoms with van der Waals surface area (Å²) in [5.74, 6) is -0.369. The van der Waals surface area contributed by atoms with Gasteiger partial charge in [0.1, 0.15) is 29.0 Å². The Hall–Kier alpha value is -5.99. The number of phenols is 1. The molecule has 0 spiro atoms. The van der Waals surface area contributed by atoms with Crippen LogP contribution in [0.2, 0.25) is 0 Å². The van der Waals surface area contributed by atoms with Crippen LogP contribution < -0.4 is 23.9 Å². The van der Waals surface area contributed by atoms with Gasteiger partial charge < -0.3 is 14.6 Å². The number of aromatic hydroxyl groups is 1. The lowest BCUT2D eigenvalue weighted by Crippen LogP contribution is -2.30. The minimum atomic E-state index is -4.36. The van der Waals surface area contributed by atoms with Crippen molar-refractivity contribution >= 4 is 54.4 Å². The van der Waals surface area contributed by atoms with E-state index >= 15 is 0 Å². The highest BCUT2D eigenvalue weighted by molar-refractivity contribution is 7.93. The minimum absolute atomic E-state index is 0.0648. The Labute approximate surface area is 371 Å². The van der Waals surface area contributed by atoms with Crippen molar-refractivity contribution in [2.75, 3.05) is 28.2 Å². The second-order valence-corrected chi connectivity index (χ2v) is 18.7. The number of rotatable bonds is 26. The number of sulfonamides is 2. The molecule has 5 rings (SSSR count). The number of benzene rings is 4. The van der Waals surface area contributed by atoms with Gasteiger partial charge in [0, 0.05) is 6.07 Å². The Kier molecular flexibility index (Phi) is 17.9. The SMILES string of the molecule is CCCCCCCCCCCCCCCCOc1cc(NS(=O)(=O)c2cccc(NS(=O)(=O)c3ccc(OC)c(N=NC4C(=O)N(c5ccccc5)N=C4C#N)c3)c2)c(O)cc1C. The van der Waals surface area contributed by atoms with Gasteiger partial charge >= 0.3 is 0 Å². The molecular weight excluding hydrogens is 843 g/mol. The summed E-state index contributed by atoms with van der Waals surface area (Å²) in [4.78, 5) is 12.6. The van der Waals surface area contributed by atoms with Crippen LogP contribution in [0.15, 0.2) is 110 Å². The quantitative estimate of drug-likeness (QED) is 0.0310. The van der Waals surface area contributed by atoms with Gasteiger partial charge in [-0.25, -0.2) is 16.8 Å². The van der Waals surface area contributed by atoms with Gasteiger partial charge in [0.15, 0.2) is 5.71 Å². The Morgan fingerprint density at radius 2 is 1.38 bits per heavy atom. The van der Waals surface area contributed by atoms with E-state index in [0.29, 0.717) is 23.6 Å². The van der Waals surface area contributed by atoms with Crippen molar-refractivity contribution in [3.63, 3.8) is 0 Å². The summed E-state index contributed by atoms with van der Waals surface area (Å²) in [6.07, 6.45) is 17.4. The molecule has 17 heteroatoms. The number of nitrogens with zero attached hydrogens (tertiary/aromatic N) is 5. The molecular formula is C46H57N7O8S2. The van der Waals surface area contributed by atoms with Crippen LogP contribution in [0.3, 0.4) is 0 Å². The number of anilines is 3. The van der Waals surface area contributed by atoms with E-state index in [1.165, 1.54) is 120 Å². The zero-order valence-electron chi connectivity index (χ0n) is 36.1. The van der Waals surface area contributed by atoms with Gasteiger partial charge in [0.25, 0.3) is 26.0 Å². The molecule has 0 radical (unpaired) electrons. The van der Waals surface area contributed by atoms with E-state index < -0.39 is 32.0 Å². The van der Waals surface area contributed by atoms with Gasteiger partial charge in [-0.1, -0.05) is 115 Å². The Bertz CT molecular complexity index is 2490. The number of amides is 1. The van der Waals surface area contributed by atoms with Crippen LogP contribution in [-0.4, -0.2) is 53.3 Å². The van der Waals surface area contributed by atoms with Crippen LogP contribution in [-0.2, 0) is 24.8 Å². The van der Waals surface area contributed by atoms with Crippen molar-refractivity contribution in [3.05, 3.63) is 90.5 Å². The highest BCUT2D eigenvalue weighted by atomic mass is 32.2. The normalized spacial score (nSPS) is 14.1. The molecule has 0 bridgehead atoms. The number of hydrazone groups is 1. The fraction of sp³-hybridized carbons (Fsp3) is 0.413. The summed E-state index contributed by atoms with van der Waals surface area (Å²) < 4.78 is 70.5. The van der Waals surface area contributed by atoms with Gasteiger partial charge in [0.05, 0.1) is 40.6 Å². The first kappa shape index (κ1) is 48.0. The Balaban J connectivity index is 1.16. The van der Waals surface area contributed by atoms with Crippen molar-refractivity contribution in [1.29, 1.82) is 5.26 Å². The fourth-order valence-electron chi connectivity index (χ4n) is 6.95. The second-order valence-electron chi connectivity index (χ2n) is 15.4. The molecule has 3 N–H and O–H groups in total. The van der Waals surface area contributed by atoms with Crippen molar-refractivity contribution in [2.45, 2.75) is 120 Å². The van der Waals surface area contributed by atoms with E-state index in [-0.39, 0.29) is 44.1 Å². The first-order chi connectivity index (χ1) is 30.4. The lowest BCUT2D eigenvalue weighted by molar-refractivity contribution is -0.117. The second kappa shape index (κ2) is 23.5. The zero-order chi connectivity index (χ0) is 45.2. The lowest BCUT2D eigenvalue weighted by Gasteiger charge is -2.15.